The van der Waals surface area contributed by atoms with Crippen molar-refractivity contribution in [2.24, 2.45) is 0 Å². The molecule has 0 radical (unpaired) electrons. The molecule has 2 aromatic carbocycles. The van der Waals surface area contributed by atoms with E-state index in [-0.39, 0.29) is 11.3 Å². The number of rotatable bonds is 6. The maximum atomic E-state index is 12.6. The van der Waals surface area contributed by atoms with Crippen LogP contribution in [0.3, 0.4) is 0 Å². The maximum absolute atomic E-state index is 12.6. The second-order valence-corrected chi connectivity index (χ2v) is 6.36. The Labute approximate surface area is 169 Å². The van der Waals surface area contributed by atoms with Crippen LogP contribution in [0.1, 0.15) is 29.3 Å². The van der Waals surface area contributed by atoms with E-state index in [1.807, 2.05) is 6.92 Å². The fourth-order valence-corrected chi connectivity index (χ4v) is 3.03. The molecule has 0 aliphatic rings. The minimum absolute atomic E-state index is 0.235. The minimum atomic E-state index is -4.93. The molecule has 0 bridgehead atoms. The van der Waals surface area contributed by atoms with Crippen molar-refractivity contribution in [3.8, 4) is 11.5 Å². The number of carbonyl (C=O) groups is 1. The fourth-order valence-electron chi connectivity index (χ4n) is 3.03. The molecule has 158 valence electrons. The summed E-state index contributed by atoms with van der Waals surface area (Å²) >= 11 is 0. The van der Waals surface area contributed by atoms with Crippen LogP contribution in [0, 0.1) is 0 Å². The van der Waals surface area contributed by atoms with Crippen molar-refractivity contribution in [2.45, 2.75) is 26.1 Å². The summed E-state index contributed by atoms with van der Waals surface area (Å²) in [5, 5.41) is 2.76. The number of hydrogen-bond acceptors (Lipinski definition) is 5. The topological polar surface area (TPSA) is 77.8 Å². The number of ether oxygens (including phenoxy) is 2. The third kappa shape index (κ3) is 4.56. The molecule has 1 aromatic heterocycles. The van der Waals surface area contributed by atoms with Gasteiger partial charge in [-0.3, -0.25) is 4.79 Å². The van der Waals surface area contributed by atoms with Crippen LogP contribution < -0.4 is 20.4 Å². The predicted octanol–water partition coefficient (Wildman–Crippen LogP) is 4.91. The van der Waals surface area contributed by atoms with Crippen molar-refractivity contribution >= 4 is 22.6 Å². The van der Waals surface area contributed by atoms with Gasteiger partial charge in [0.15, 0.2) is 5.75 Å². The van der Waals surface area contributed by atoms with Crippen molar-refractivity contribution in [3.63, 3.8) is 0 Å². The number of benzene rings is 2. The number of carbonyl (C=O) groups excluding carboxylic acids is 1. The van der Waals surface area contributed by atoms with Gasteiger partial charge in [-0.05, 0) is 36.8 Å². The largest absolute Gasteiger partial charge is 0.573 e. The molecule has 1 N–H and O–H groups in total. The maximum Gasteiger partial charge on any atom is 0.573 e. The third-order valence-electron chi connectivity index (χ3n) is 4.29. The first-order chi connectivity index (χ1) is 14.2. The Balaban J connectivity index is 1.99. The first kappa shape index (κ1) is 21.2. The third-order valence-corrected chi connectivity index (χ3v) is 4.29. The first-order valence-corrected chi connectivity index (χ1v) is 9.03. The molecular formula is C21H18F3NO5. The molecule has 0 atom stereocenters. The van der Waals surface area contributed by atoms with Gasteiger partial charge in [-0.1, -0.05) is 25.5 Å². The second-order valence-electron chi connectivity index (χ2n) is 6.36. The number of fused-ring (bicyclic) bond motifs is 1. The highest BCUT2D eigenvalue weighted by atomic mass is 19.4. The van der Waals surface area contributed by atoms with E-state index in [9.17, 15) is 22.8 Å². The molecular weight excluding hydrogens is 403 g/mol. The summed E-state index contributed by atoms with van der Waals surface area (Å²) in [4.78, 5) is 25.1. The lowest BCUT2D eigenvalue weighted by molar-refractivity contribution is -0.274. The van der Waals surface area contributed by atoms with Crippen LogP contribution in [0.4, 0.5) is 18.9 Å². The molecule has 0 unspecified atom stereocenters. The van der Waals surface area contributed by atoms with Gasteiger partial charge in [-0.25, -0.2) is 4.79 Å². The van der Waals surface area contributed by atoms with Gasteiger partial charge in [0.05, 0.1) is 12.8 Å². The molecule has 30 heavy (non-hydrogen) atoms. The Bertz CT molecular complexity index is 1140. The number of alkyl halides is 3. The molecule has 0 saturated carbocycles. The van der Waals surface area contributed by atoms with E-state index in [1.165, 1.54) is 31.4 Å². The Morgan fingerprint density at radius 1 is 1.13 bits per heavy atom. The van der Waals surface area contributed by atoms with E-state index < -0.39 is 23.6 Å². The summed E-state index contributed by atoms with van der Waals surface area (Å²) in [6, 6.07) is 9.69. The second kappa shape index (κ2) is 8.48. The molecule has 3 rings (SSSR count). The number of hydrogen-bond donors (Lipinski definition) is 1. The van der Waals surface area contributed by atoms with E-state index in [2.05, 4.69) is 10.1 Å². The lowest BCUT2D eigenvalue weighted by Gasteiger charge is -2.14. The Hall–Kier alpha value is -3.49. The zero-order valence-corrected chi connectivity index (χ0v) is 16.1. The molecule has 6 nitrogen and oxygen atoms in total. The summed E-state index contributed by atoms with van der Waals surface area (Å²) in [7, 11) is 1.50. The van der Waals surface area contributed by atoms with Gasteiger partial charge < -0.3 is 19.2 Å². The molecule has 0 spiro atoms. The van der Waals surface area contributed by atoms with Crippen molar-refractivity contribution in [1.82, 2.24) is 0 Å². The molecule has 3 aromatic rings. The number of aryl methyl sites for hydroxylation is 1. The number of amides is 1. The van der Waals surface area contributed by atoms with Gasteiger partial charge in [-0.2, -0.15) is 0 Å². The molecule has 0 aliphatic carbocycles. The molecule has 0 saturated heterocycles. The Morgan fingerprint density at radius 2 is 1.87 bits per heavy atom. The lowest BCUT2D eigenvalue weighted by atomic mass is 10.0. The van der Waals surface area contributed by atoms with Crippen LogP contribution in [0.5, 0.6) is 11.5 Å². The normalized spacial score (nSPS) is 11.4. The average molecular weight is 421 g/mol. The standard InChI is InChI=1S/C21H18F3NO5/c1-3-6-13-16(28-2)10-9-12-11-14(20(27)29-18(12)13)19(26)25-15-7-4-5-8-17(15)30-21(22,23)24/h4-5,7-11H,3,6H2,1-2H3,(H,25,26). The average Bonchev–Trinajstić information content (AvgIpc) is 2.68. The summed E-state index contributed by atoms with van der Waals surface area (Å²) in [5.74, 6) is -0.960. The van der Waals surface area contributed by atoms with Gasteiger partial charge in [-0.15, -0.1) is 13.2 Å². The summed E-state index contributed by atoms with van der Waals surface area (Å²) in [6.45, 7) is 1.96. The number of para-hydroxylation sites is 2. The van der Waals surface area contributed by atoms with Crippen LogP contribution in [0.2, 0.25) is 0 Å². The highest BCUT2D eigenvalue weighted by Crippen LogP contribution is 2.31. The highest BCUT2D eigenvalue weighted by molar-refractivity contribution is 6.06. The van der Waals surface area contributed by atoms with Crippen molar-refractivity contribution in [1.29, 1.82) is 0 Å². The van der Waals surface area contributed by atoms with Gasteiger partial charge in [0, 0.05) is 10.9 Å². The summed E-state index contributed by atoms with van der Waals surface area (Å²) < 4.78 is 52.3. The van der Waals surface area contributed by atoms with Crippen LogP contribution >= 0.6 is 0 Å². The summed E-state index contributed by atoms with van der Waals surface area (Å²) in [5.41, 5.74) is -0.499. The van der Waals surface area contributed by atoms with Crippen LogP contribution in [0.25, 0.3) is 11.0 Å². The molecule has 1 heterocycles. The van der Waals surface area contributed by atoms with Crippen molar-refractivity contribution in [2.75, 3.05) is 12.4 Å². The SMILES string of the molecule is CCCc1c(OC)ccc2cc(C(=O)Nc3ccccc3OC(F)(F)F)c(=O)oc12. The highest BCUT2D eigenvalue weighted by Gasteiger charge is 2.32. The van der Waals surface area contributed by atoms with Gasteiger partial charge in [0.25, 0.3) is 5.91 Å². The van der Waals surface area contributed by atoms with E-state index in [4.69, 9.17) is 9.15 Å². The number of methoxy groups -OCH3 is 1. The van der Waals surface area contributed by atoms with E-state index >= 15 is 0 Å². The molecule has 1 amide bonds. The van der Waals surface area contributed by atoms with Crippen molar-refractivity contribution in [3.05, 3.63) is 64.0 Å². The van der Waals surface area contributed by atoms with Crippen LogP contribution in [-0.2, 0) is 6.42 Å². The zero-order chi connectivity index (χ0) is 21.9. The van der Waals surface area contributed by atoms with E-state index in [0.29, 0.717) is 28.7 Å². The van der Waals surface area contributed by atoms with Crippen LogP contribution in [-0.4, -0.2) is 19.4 Å². The first-order valence-electron chi connectivity index (χ1n) is 9.03. The Morgan fingerprint density at radius 3 is 2.53 bits per heavy atom. The van der Waals surface area contributed by atoms with Gasteiger partial charge in [0.1, 0.15) is 16.9 Å². The fraction of sp³-hybridized carbons (Fsp3) is 0.238. The number of nitrogens with one attached hydrogen (secondary N) is 1. The zero-order valence-electron chi connectivity index (χ0n) is 16.1. The summed E-state index contributed by atoms with van der Waals surface area (Å²) in [6.07, 6.45) is -3.56. The smallest absolute Gasteiger partial charge is 0.496 e. The quantitative estimate of drug-likeness (QED) is 0.573. The minimum Gasteiger partial charge on any atom is -0.496 e. The van der Waals surface area contributed by atoms with E-state index in [0.717, 1.165) is 12.5 Å². The predicted molar refractivity (Wildman–Crippen MR) is 104 cm³/mol. The van der Waals surface area contributed by atoms with Gasteiger partial charge >= 0.3 is 12.0 Å². The molecule has 0 aliphatic heterocycles. The van der Waals surface area contributed by atoms with Gasteiger partial charge in [0.2, 0.25) is 0 Å². The number of halogens is 3. The Kier molecular flexibility index (Phi) is 6.00. The molecule has 9 heteroatoms. The molecule has 0 fully saturated rings. The monoisotopic (exact) mass is 421 g/mol. The number of anilines is 1. The van der Waals surface area contributed by atoms with Crippen molar-refractivity contribution < 1.29 is 31.9 Å². The van der Waals surface area contributed by atoms with Crippen LogP contribution in [0.15, 0.2) is 51.7 Å². The van der Waals surface area contributed by atoms with E-state index in [1.54, 1.807) is 12.1 Å². The lowest BCUT2D eigenvalue weighted by Crippen LogP contribution is -2.22.